The van der Waals surface area contributed by atoms with E-state index in [9.17, 15) is 9.59 Å². The number of hydrogen-bond acceptors (Lipinski definition) is 5. The minimum Gasteiger partial charge on any atom is -0.491 e. The van der Waals surface area contributed by atoms with Gasteiger partial charge in [0.1, 0.15) is 11.4 Å². The topological polar surface area (TPSA) is 70.1 Å². The number of ether oxygens (including phenoxy) is 1. The van der Waals surface area contributed by atoms with Crippen molar-refractivity contribution in [2.24, 2.45) is 0 Å². The van der Waals surface area contributed by atoms with Crippen molar-refractivity contribution in [3.8, 4) is 5.75 Å². The number of hydrogen-bond donors (Lipinski definition) is 1. The average molecular weight is 332 g/mol. The largest absolute Gasteiger partial charge is 0.491 e. The van der Waals surface area contributed by atoms with Crippen molar-refractivity contribution in [2.45, 2.75) is 26.9 Å². The molecule has 0 saturated carbocycles. The fourth-order valence-corrected chi connectivity index (χ4v) is 2.70. The van der Waals surface area contributed by atoms with Crippen molar-refractivity contribution in [1.29, 1.82) is 0 Å². The summed E-state index contributed by atoms with van der Waals surface area (Å²) in [7, 11) is 1.70. The Bertz CT molecular complexity index is 649. The van der Waals surface area contributed by atoms with E-state index >= 15 is 0 Å². The lowest BCUT2D eigenvalue weighted by molar-refractivity contribution is -0.137. The minimum atomic E-state index is -0.323. The highest BCUT2D eigenvalue weighted by atomic mass is 16.5. The molecule has 0 unspecified atom stereocenters. The Morgan fingerprint density at radius 3 is 2.29 bits per heavy atom. The van der Waals surface area contributed by atoms with Crippen LogP contribution in [-0.2, 0) is 9.59 Å². The molecule has 1 heterocycles. The van der Waals surface area contributed by atoms with Crippen LogP contribution in [0.3, 0.4) is 0 Å². The molecule has 6 nitrogen and oxygen atoms in total. The van der Waals surface area contributed by atoms with E-state index in [2.05, 4.69) is 0 Å². The van der Waals surface area contributed by atoms with Crippen LogP contribution in [0.2, 0.25) is 0 Å². The van der Waals surface area contributed by atoms with E-state index < -0.39 is 0 Å². The molecule has 6 heteroatoms. The van der Waals surface area contributed by atoms with Crippen LogP contribution in [0.1, 0.15) is 26.3 Å². The number of amides is 2. The van der Waals surface area contributed by atoms with Crippen LogP contribution in [0.25, 0.3) is 5.57 Å². The monoisotopic (exact) mass is 332 g/mol. The number of likely N-dealkylation sites (N-methyl/N-ethyl adjacent to an activating group) is 2. The number of carbonyl (C=O) groups is 2. The fraction of sp³-hybridized carbons (Fsp3) is 0.444. The van der Waals surface area contributed by atoms with Crippen molar-refractivity contribution in [1.82, 2.24) is 9.80 Å². The van der Waals surface area contributed by atoms with E-state index in [0.29, 0.717) is 29.1 Å². The van der Waals surface area contributed by atoms with E-state index in [1.165, 1.54) is 4.90 Å². The van der Waals surface area contributed by atoms with Gasteiger partial charge >= 0.3 is 0 Å². The van der Waals surface area contributed by atoms with Crippen molar-refractivity contribution in [3.05, 3.63) is 35.5 Å². The minimum absolute atomic E-state index is 0.0617. The third-order valence-corrected chi connectivity index (χ3v) is 3.79. The first-order valence-corrected chi connectivity index (χ1v) is 8.10. The quantitative estimate of drug-likeness (QED) is 0.766. The number of benzene rings is 1. The summed E-state index contributed by atoms with van der Waals surface area (Å²) in [5.41, 5.74) is 1.36. The number of aliphatic hydroxyl groups is 1. The summed E-state index contributed by atoms with van der Waals surface area (Å²) in [4.78, 5) is 28.1. The molecule has 0 radical (unpaired) electrons. The molecule has 0 fully saturated rings. The summed E-state index contributed by atoms with van der Waals surface area (Å²) in [6.07, 6.45) is 0.0617. The second kappa shape index (κ2) is 7.49. The predicted molar refractivity (Wildman–Crippen MR) is 91.2 cm³/mol. The molecular weight excluding hydrogens is 308 g/mol. The summed E-state index contributed by atoms with van der Waals surface area (Å²) in [6, 6.07) is 7.14. The molecule has 1 aliphatic rings. The normalized spacial score (nSPS) is 14.8. The molecule has 0 aromatic heterocycles. The van der Waals surface area contributed by atoms with Gasteiger partial charge in [0.25, 0.3) is 11.8 Å². The van der Waals surface area contributed by atoms with Gasteiger partial charge < -0.3 is 14.7 Å². The molecule has 0 bridgehead atoms. The van der Waals surface area contributed by atoms with Crippen LogP contribution >= 0.6 is 0 Å². The zero-order valence-corrected chi connectivity index (χ0v) is 14.6. The summed E-state index contributed by atoms with van der Waals surface area (Å²) >= 11 is 0. The first-order chi connectivity index (χ1) is 11.4. The van der Waals surface area contributed by atoms with Gasteiger partial charge in [-0.05, 0) is 38.5 Å². The van der Waals surface area contributed by atoms with Crippen LogP contribution in [0.4, 0.5) is 0 Å². The maximum absolute atomic E-state index is 12.7. The third kappa shape index (κ3) is 3.43. The van der Waals surface area contributed by atoms with Crippen molar-refractivity contribution in [3.63, 3.8) is 0 Å². The van der Waals surface area contributed by atoms with Gasteiger partial charge in [-0.15, -0.1) is 0 Å². The van der Waals surface area contributed by atoms with Gasteiger partial charge in [0.15, 0.2) is 0 Å². The summed E-state index contributed by atoms with van der Waals surface area (Å²) in [6.45, 7) is 6.15. The van der Waals surface area contributed by atoms with Gasteiger partial charge in [0.2, 0.25) is 0 Å². The number of aliphatic hydroxyl groups excluding tert-OH is 1. The fourth-order valence-electron chi connectivity index (χ4n) is 2.70. The number of nitrogens with zero attached hydrogens (tertiary/aromatic N) is 2. The zero-order chi connectivity index (χ0) is 17.9. The van der Waals surface area contributed by atoms with Crippen LogP contribution in [0.15, 0.2) is 30.0 Å². The van der Waals surface area contributed by atoms with Gasteiger partial charge in [0, 0.05) is 20.1 Å². The van der Waals surface area contributed by atoms with Crippen LogP contribution in [0.5, 0.6) is 5.75 Å². The molecule has 2 amide bonds. The van der Waals surface area contributed by atoms with Crippen molar-refractivity contribution in [2.75, 3.05) is 26.7 Å². The number of imide groups is 1. The maximum Gasteiger partial charge on any atom is 0.277 e. The van der Waals surface area contributed by atoms with Gasteiger partial charge in [-0.1, -0.05) is 12.1 Å². The van der Waals surface area contributed by atoms with Gasteiger partial charge in [0.05, 0.1) is 18.3 Å². The van der Waals surface area contributed by atoms with E-state index in [1.54, 1.807) is 43.1 Å². The SMILES string of the molecule is CCN1C(=O)C(c2ccc(OC(C)C)cc2)=C(N(C)CCO)C1=O. The van der Waals surface area contributed by atoms with Gasteiger partial charge in [-0.3, -0.25) is 14.5 Å². The summed E-state index contributed by atoms with van der Waals surface area (Å²) in [5.74, 6) is 0.0829. The Balaban J connectivity index is 2.45. The Labute approximate surface area is 142 Å². The van der Waals surface area contributed by atoms with Crippen molar-refractivity contribution >= 4 is 17.4 Å². The molecular formula is C18H24N2O4. The van der Waals surface area contributed by atoms with Crippen LogP contribution < -0.4 is 4.74 Å². The molecule has 1 aromatic carbocycles. The molecule has 0 atom stereocenters. The lowest BCUT2D eigenvalue weighted by Gasteiger charge is -2.19. The molecule has 2 rings (SSSR count). The second-order valence-electron chi connectivity index (χ2n) is 5.91. The van der Waals surface area contributed by atoms with Crippen molar-refractivity contribution < 1.29 is 19.4 Å². The standard InChI is InChI=1S/C18H24N2O4/c1-5-20-17(22)15(16(18(20)23)19(4)10-11-21)13-6-8-14(9-7-13)24-12(2)3/h6-9,12,21H,5,10-11H2,1-4H3. The number of rotatable bonds is 7. The highest BCUT2D eigenvalue weighted by Gasteiger charge is 2.39. The lowest BCUT2D eigenvalue weighted by atomic mass is 10.0. The lowest BCUT2D eigenvalue weighted by Crippen LogP contribution is -2.34. The van der Waals surface area contributed by atoms with E-state index in [4.69, 9.17) is 9.84 Å². The molecule has 0 aliphatic carbocycles. The Morgan fingerprint density at radius 2 is 1.79 bits per heavy atom. The van der Waals surface area contributed by atoms with Gasteiger partial charge in [-0.2, -0.15) is 0 Å². The molecule has 24 heavy (non-hydrogen) atoms. The molecule has 1 aromatic rings. The van der Waals surface area contributed by atoms with Crippen LogP contribution in [-0.4, -0.2) is 59.6 Å². The van der Waals surface area contributed by atoms with Gasteiger partial charge in [-0.25, -0.2) is 0 Å². The van der Waals surface area contributed by atoms with Crippen LogP contribution in [0, 0.1) is 0 Å². The van der Waals surface area contributed by atoms with E-state index in [0.717, 1.165) is 0 Å². The molecule has 1 aliphatic heterocycles. The van der Waals surface area contributed by atoms with E-state index in [1.807, 2.05) is 13.8 Å². The highest BCUT2D eigenvalue weighted by molar-refractivity contribution is 6.35. The molecule has 0 spiro atoms. The molecule has 1 N–H and O–H groups in total. The Kier molecular flexibility index (Phi) is 5.62. The Hall–Kier alpha value is -2.34. The summed E-state index contributed by atoms with van der Waals surface area (Å²) in [5, 5.41) is 9.16. The second-order valence-corrected chi connectivity index (χ2v) is 5.91. The molecule has 0 saturated heterocycles. The third-order valence-electron chi connectivity index (χ3n) is 3.79. The predicted octanol–water partition coefficient (Wildman–Crippen LogP) is 1.50. The maximum atomic E-state index is 12.7. The summed E-state index contributed by atoms with van der Waals surface area (Å²) < 4.78 is 5.61. The van der Waals surface area contributed by atoms with E-state index in [-0.39, 0.29) is 31.1 Å². The smallest absolute Gasteiger partial charge is 0.277 e. The highest BCUT2D eigenvalue weighted by Crippen LogP contribution is 2.31. The first-order valence-electron chi connectivity index (χ1n) is 8.10. The number of carbonyl (C=O) groups excluding carboxylic acids is 2. The zero-order valence-electron chi connectivity index (χ0n) is 14.6. The average Bonchev–Trinajstić information content (AvgIpc) is 2.78. The Morgan fingerprint density at radius 1 is 1.17 bits per heavy atom. The molecule has 130 valence electrons. The first kappa shape index (κ1) is 18.0.